The Balaban J connectivity index is 1.99. The third-order valence-electron chi connectivity index (χ3n) is 4.28. The highest BCUT2D eigenvalue weighted by Crippen LogP contribution is 2.28. The van der Waals surface area contributed by atoms with E-state index in [1.807, 2.05) is 0 Å². The van der Waals surface area contributed by atoms with Gasteiger partial charge in [-0.25, -0.2) is 17.5 Å². The van der Waals surface area contributed by atoms with Crippen molar-refractivity contribution in [2.45, 2.75) is 30.7 Å². The quantitative estimate of drug-likeness (QED) is 0.835. The highest BCUT2D eigenvalue weighted by molar-refractivity contribution is 7.89. The number of hydrogen-bond donors (Lipinski definition) is 2. The predicted octanol–water partition coefficient (Wildman–Crippen LogP) is 1.90. The molecule has 136 valence electrons. The lowest BCUT2D eigenvalue weighted by Gasteiger charge is -2.10. The Morgan fingerprint density at radius 1 is 1.46 bits per heavy atom. The summed E-state index contributed by atoms with van der Waals surface area (Å²) < 4.78 is 42.3. The maximum atomic E-state index is 13.4. The number of aromatic nitrogens is 1. The summed E-state index contributed by atoms with van der Waals surface area (Å²) in [6.07, 6.45) is 2.40. The van der Waals surface area contributed by atoms with Gasteiger partial charge in [0.1, 0.15) is 22.5 Å². The van der Waals surface area contributed by atoms with Crippen molar-refractivity contribution in [1.82, 2.24) is 9.29 Å². The first-order valence-electron chi connectivity index (χ1n) is 7.94. The number of sulfonamides is 1. The van der Waals surface area contributed by atoms with Gasteiger partial charge in [0, 0.05) is 30.5 Å². The Morgan fingerprint density at radius 2 is 2.19 bits per heavy atom. The average Bonchev–Trinajstić information content (AvgIpc) is 2.86. The van der Waals surface area contributed by atoms with Crippen LogP contribution < -0.4 is 10.0 Å². The number of benzene rings is 1. The van der Waals surface area contributed by atoms with Crippen molar-refractivity contribution in [1.29, 1.82) is 5.26 Å². The van der Waals surface area contributed by atoms with Crippen molar-refractivity contribution in [3.63, 3.8) is 0 Å². The molecule has 1 amide bonds. The zero-order valence-electron chi connectivity index (χ0n) is 14.2. The smallest absolute Gasteiger partial charge is 0.272 e. The molecule has 0 spiro atoms. The van der Waals surface area contributed by atoms with Crippen LogP contribution in [0.3, 0.4) is 0 Å². The van der Waals surface area contributed by atoms with Crippen molar-refractivity contribution >= 4 is 21.6 Å². The first kappa shape index (κ1) is 18.1. The van der Waals surface area contributed by atoms with Crippen LogP contribution in [-0.2, 0) is 23.5 Å². The molecule has 1 aliphatic heterocycles. The number of carbonyl (C=O) groups is 1. The lowest BCUT2D eigenvalue weighted by atomic mass is 10.1. The minimum absolute atomic E-state index is 0.0892. The third-order valence-corrected chi connectivity index (χ3v) is 5.92. The molecule has 0 saturated carbocycles. The van der Waals surface area contributed by atoms with Gasteiger partial charge in [-0.2, -0.15) is 5.26 Å². The largest absolute Gasteiger partial charge is 0.345 e. The van der Waals surface area contributed by atoms with Gasteiger partial charge in [0.05, 0.1) is 5.56 Å². The van der Waals surface area contributed by atoms with E-state index in [0.29, 0.717) is 18.4 Å². The van der Waals surface area contributed by atoms with Crippen LogP contribution in [0.2, 0.25) is 0 Å². The fourth-order valence-corrected chi connectivity index (χ4v) is 4.64. The molecular weight excluding hydrogens is 359 g/mol. The van der Waals surface area contributed by atoms with Gasteiger partial charge in [-0.15, -0.1) is 0 Å². The maximum absolute atomic E-state index is 13.4. The minimum Gasteiger partial charge on any atom is -0.345 e. The molecule has 1 aromatic heterocycles. The van der Waals surface area contributed by atoms with Gasteiger partial charge in [-0.05, 0) is 38.0 Å². The van der Waals surface area contributed by atoms with Gasteiger partial charge in [-0.3, -0.25) is 4.79 Å². The molecule has 7 nitrogen and oxygen atoms in total. The van der Waals surface area contributed by atoms with Crippen LogP contribution in [0.5, 0.6) is 0 Å². The van der Waals surface area contributed by atoms with Crippen LogP contribution in [0.4, 0.5) is 10.1 Å². The Hall–Kier alpha value is -2.70. The van der Waals surface area contributed by atoms with Crippen molar-refractivity contribution < 1.29 is 17.6 Å². The lowest BCUT2D eigenvalue weighted by Crippen LogP contribution is -2.30. The summed E-state index contributed by atoms with van der Waals surface area (Å²) in [5.74, 6) is -1.20. The predicted molar refractivity (Wildman–Crippen MR) is 92.6 cm³/mol. The highest BCUT2D eigenvalue weighted by atomic mass is 32.2. The Labute approximate surface area is 150 Å². The number of nitrogens with one attached hydrogen (secondary N) is 2. The van der Waals surface area contributed by atoms with Crippen LogP contribution in [0, 0.1) is 17.1 Å². The molecule has 1 aromatic carbocycles. The normalized spacial score (nSPS) is 18.5. The number of anilines is 1. The number of nitrogens with zero attached hydrogens (tertiary/aromatic N) is 2. The van der Waals surface area contributed by atoms with E-state index >= 15 is 0 Å². The summed E-state index contributed by atoms with van der Waals surface area (Å²) >= 11 is 0. The molecule has 1 unspecified atom stereocenters. The number of carbonyl (C=O) groups excluding carboxylic acids is 1. The van der Waals surface area contributed by atoms with Crippen LogP contribution in [0.1, 0.15) is 35.0 Å². The van der Waals surface area contributed by atoms with Crippen LogP contribution in [0.25, 0.3) is 0 Å². The Morgan fingerprint density at radius 3 is 2.88 bits per heavy atom. The molecule has 2 heterocycles. The summed E-state index contributed by atoms with van der Waals surface area (Å²) in [5, 5.41) is 11.5. The molecular formula is C17H17FN4O3S. The number of rotatable bonds is 2. The molecule has 9 heteroatoms. The average molecular weight is 376 g/mol. The van der Waals surface area contributed by atoms with E-state index in [2.05, 4.69) is 10.0 Å². The first-order valence-corrected chi connectivity index (χ1v) is 9.43. The molecule has 2 aromatic rings. The van der Waals surface area contributed by atoms with E-state index in [9.17, 15) is 17.6 Å². The minimum atomic E-state index is -3.70. The zero-order chi connectivity index (χ0) is 19.1. The number of nitriles is 1. The fourth-order valence-electron chi connectivity index (χ4n) is 3.05. The monoisotopic (exact) mass is 376 g/mol. The Bertz CT molecular complexity index is 1040. The maximum Gasteiger partial charge on any atom is 0.272 e. The van der Waals surface area contributed by atoms with Crippen molar-refractivity contribution in [3.8, 4) is 6.07 Å². The summed E-state index contributed by atoms with van der Waals surface area (Å²) in [6.45, 7) is 1.77. The molecule has 3 rings (SSSR count). The van der Waals surface area contributed by atoms with Crippen molar-refractivity contribution in [3.05, 3.63) is 47.0 Å². The Kier molecular flexibility index (Phi) is 4.56. The molecule has 2 N–H and O–H groups in total. The van der Waals surface area contributed by atoms with Gasteiger partial charge >= 0.3 is 0 Å². The van der Waals surface area contributed by atoms with E-state index in [1.54, 1.807) is 20.0 Å². The standard InChI is InChI=1S/C17H17FN4O3S/c1-10-3-5-13-15(26(24,25)21-10)9-22(2)16(13)17(23)20-12-4-6-14(18)11(7-12)8-19/h4,6-7,9-10,21H,3,5H2,1-2H3,(H,20,23). The number of aryl methyl sites for hydroxylation is 1. The van der Waals surface area contributed by atoms with Crippen LogP contribution in [-0.4, -0.2) is 24.9 Å². The highest BCUT2D eigenvalue weighted by Gasteiger charge is 2.31. The molecule has 0 fully saturated rings. The summed E-state index contributed by atoms with van der Waals surface area (Å²) in [4.78, 5) is 12.8. The number of halogens is 1. The van der Waals surface area contributed by atoms with Crippen molar-refractivity contribution in [2.75, 3.05) is 5.32 Å². The van der Waals surface area contributed by atoms with E-state index < -0.39 is 21.7 Å². The molecule has 0 saturated heterocycles. The lowest BCUT2D eigenvalue weighted by molar-refractivity contribution is 0.101. The topological polar surface area (TPSA) is 104 Å². The first-order chi connectivity index (χ1) is 12.2. The van der Waals surface area contributed by atoms with E-state index in [-0.39, 0.29) is 27.9 Å². The van der Waals surface area contributed by atoms with Gasteiger partial charge in [0.25, 0.3) is 5.91 Å². The SMILES string of the molecule is CC1CCc2c(cn(C)c2C(=O)Nc2ccc(F)c(C#N)c2)S(=O)(=O)N1. The fraction of sp³-hybridized carbons (Fsp3) is 0.294. The molecule has 0 aliphatic carbocycles. The van der Waals surface area contributed by atoms with E-state index in [0.717, 1.165) is 6.07 Å². The second-order valence-corrected chi connectivity index (χ2v) is 7.94. The molecule has 0 radical (unpaired) electrons. The summed E-state index contributed by atoms with van der Waals surface area (Å²) in [7, 11) is -2.10. The number of fused-ring (bicyclic) bond motifs is 1. The van der Waals surface area contributed by atoms with Gasteiger partial charge < -0.3 is 9.88 Å². The molecule has 0 bridgehead atoms. The number of amides is 1. The van der Waals surface area contributed by atoms with E-state index in [4.69, 9.17) is 5.26 Å². The third kappa shape index (κ3) is 3.21. The second kappa shape index (κ2) is 6.55. The second-order valence-electron chi connectivity index (χ2n) is 6.25. The van der Waals surface area contributed by atoms with Gasteiger partial charge in [-0.1, -0.05) is 0 Å². The van der Waals surface area contributed by atoms with E-state index in [1.165, 1.54) is 22.9 Å². The number of hydrogen-bond acceptors (Lipinski definition) is 4. The van der Waals surface area contributed by atoms with Gasteiger partial charge in [0.2, 0.25) is 10.0 Å². The van der Waals surface area contributed by atoms with Crippen molar-refractivity contribution in [2.24, 2.45) is 7.05 Å². The van der Waals surface area contributed by atoms with Crippen LogP contribution >= 0.6 is 0 Å². The summed E-state index contributed by atoms with van der Waals surface area (Å²) in [6, 6.07) is 5.14. The van der Waals surface area contributed by atoms with Crippen LogP contribution in [0.15, 0.2) is 29.3 Å². The van der Waals surface area contributed by atoms with Gasteiger partial charge in [0.15, 0.2) is 0 Å². The molecule has 1 atom stereocenters. The zero-order valence-corrected chi connectivity index (χ0v) is 15.0. The summed E-state index contributed by atoms with van der Waals surface area (Å²) in [5.41, 5.74) is 0.742. The molecule has 26 heavy (non-hydrogen) atoms. The molecule has 1 aliphatic rings.